The number of carbonyl (C=O) groups is 2. The van der Waals surface area contributed by atoms with Crippen LogP contribution in [0.4, 0.5) is 15.6 Å². The zero-order chi connectivity index (χ0) is 19.2. The van der Waals surface area contributed by atoms with Crippen molar-refractivity contribution in [3.05, 3.63) is 65.5 Å². The summed E-state index contributed by atoms with van der Waals surface area (Å²) in [4.78, 5) is 29.4. The van der Waals surface area contributed by atoms with Crippen LogP contribution < -0.4 is 15.4 Å². The number of hydrogen-bond acceptors (Lipinski definition) is 6. The Morgan fingerprint density at radius 3 is 2.44 bits per heavy atom. The van der Waals surface area contributed by atoms with Crippen molar-refractivity contribution >= 4 is 34.2 Å². The number of amides is 2. The van der Waals surface area contributed by atoms with E-state index < -0.39 is 6.03 Å². The summed E-state index contributed by atoms with van der Waals surface area (Å²) in [6.07, 6.45) is 0.691. The highest BCUT2D eigenvalue weighted by molar-refractivity contribution is 7.09. The summed E-state index contributed by atoms with van der Waals surface area (Å²) in [5, 5.41) is 5.73. The standard InChI is InChI=1S/C19H18N4O3S/c1-3-16-21-19(27-23-16)22-18(25)20-14-10-6-4-8-12(14)17(24)13-9-5-7-11-15(13)26-2/h4-11H,3H2,1-2H3,(H2,20,21,22,23,25). The van der Waals surface area contributed by atoms with Gasteiger partial charge in [0.15, 0.2) is 5.78 Å². The normalized spacial score (nSPS) is 10.3. The highest BCUT2D eigenvalue weighted by Gasteiger charge is 2.18. The van der Waals surface area contributed by atoms with E-state index in [9.17, 15) is 9.59 Å². The van der Waals surface area contributed by atoms with E-state index in [-0.39, 0.29) is 5.78 Å². The molecule has 27 heavy (non-hydrogen) atoms. The van der Waals surface area contributed by atoms with Crippen LogP contribution in [0.25, 0.3) is 0 Å². The maximum absolute atomic E-state index is 13.0. The molecule has 0 bridgehead atoms. The third-order valence-electron chi connectivity index (χ3n) is 3.78. The molecule has 0 aliphatic rings. The molecule has 3 rings (SSSR count). The van der Waals surface area contributed by atoms with Crippen LogP contribution in [0.1, 0.15) is 28.7 Å². The maximum Gasteiger partial charge on any atom is 0.325 e. The van der Waals surface area contributed by atoms with Gasteiger partial charge in [0.1, 0.15) is 11.6 Å². The summed E-state index contributed by atoms with van der Waals surface area (Å²) >= 11 is 1.11. The van der Waals surface area contributed by atoms with Crippen molar-refractivity contribution in [2.45, 2.75) is 13.3 Å². The second-order valence-corrected chi connectivity index (χ2v) is 6.28. The molecular weight excluding hydrogens is 364 g/mol. The van der Waals surface area contributed by atoms with Gasteiger partial charge in [0.05, 0.1) is 18.4 Å². The molecule has 1 heterocycles. The Balaban J connectivity index is 1.81. The van der Waals surface area contributed by atoms with E-state index in [2.05, 4.69) is 20.0 Å². The van der Waals surface area contributed by atoms with Crippen molar-refractivity contribution in [1.29, 1.82) is 0 Å². The van der Waals surface area contributed by atoms with Crippen LogP contribution in [0.2, 0.25) is 0 Å². The van der Waals surface area contributed by atoms with E-state index in [0.29, 0.717) is 39.9 Å². The number of aromatic nitrogens is 2. The van der Waals surface area contributed by atoms with Gasteiger partial charge in [-0.15, -0.1) is 0 Å². The molecule has 0 fully saturated rings. The van der Waals surface area contributed by atoms with Gasteiger partial charge in [0.25, 0.3) is 0 Å². The maximum atomic E-state index is 13.0. The molecule has 138 valence electrons. The fourth-order valence-corrected chi connectivity index (χ4v) is 3.11. The highest BCUT2D eigenvalue weighted by Crippen LogP contribution is 2.25. The van der Waals surface area contributed by atoms with Crippen molar-refractivity contribution in [1.82, 2.24) is 9.36 Å². The Bertz CT molecular complexity index is 971. The Hall–Kier alpha value is -3.26. The van der Waals surface area contributed by atoms with Gasteiger partial charge in [0, 0.05) is 23.5 Å². The van der Waals surface area contributed by atoms with E-state index in [0.717, 1.165) is 11.5 Å². The summed E-state index contributed by atoms with van der Waals surface area (Å²) in [5.41, 5.74) is 1.18. The van der Waals surface area contributed by atoms with Gasteiger partial charge >= 0.3 is 6.03 Å². The van der Waals surface area contributed by atoms with Crippen molar-refractivity contribution in [2.75, 3.05) is 17.7 Å². The lowest BCUT2D eigenvalue weighted by atomic mass is 10.0. The summed E-state index contributed by atoms with van der Waals surface area (Å²) in [6, 6.07) is 13.3. The number of anilines is 2. The number of ether oxygens (including phenoxy) is 1. The minimum atomic E-state index is -0.492. The monoisotopic (exact) mass is 382 g/mol. The first kappa shape index (κ1) is 18.5. The SMILES string of the molecule is CCc1nsc(NC(=O)Nc2ccccc2C(=O)c2ccccc2OC)n1. The summed E-state index contributed by atoms with van der Waals surface area (Å²) in [5.74, 6) is 0.900. The average Bonchev–Trinajstić information content (AvgIpc) is 3.15. The highest BCUT2D eigenvalue weighted by atomic mass is 32.1. The molecule has 1 aromatic heterocycles. The Labute approximate surface area is 160 Å². The van der Waals surface area contributed by atoms with Gasteiger partial charge in [-0.1, -0.05) is 31.2 Å². The number of benzene rings is 2. The number of urea groups is 1. The quantitative estimate of drug-likeness (QED) is 0.629. The van der Waals surface area contributed by atoms with Crippen molar-refractivity contribution < 1.29 is 14.3 Å². The molecule has 0 saturated carbocycles. The third kappa shape index (κ3) is 4.29. The first-order chi connectivity index (χ1) is 13.1. The number of nitrogens with zero attached hydrogens (tertiary/aromatic N) is 2. The van der Waals surface area contributed by atoms with Gasteiger partial charge in [0.2, 0.25) is 5.13 Å². The zero-order valence-corrected chi connectivity index (χ0v) is 15.7. The third-order valence-corrected chi connectivity index (χ3v) is 4.44. The van der Waals surface area contributed by atoms with E-state index in [1.807, 2.05) is 6.92 Å². The smallest absolute Gasteiger partial charge is 0.325 e. The van der Waals surface area contributed by atoms with Crippen LogP contribution in [0.5, 0.6) is 5.75 Å². The van der Waals surface area contributed by atoms with Gasteiger partial charge in [-0.25, -0.2) is 9.78 Å². The number of para-hydroxylation sites is 2. The molecule has 0 atom stereocenters. The van der Waals surface area contributed by atoms with Crippen LogP contribution in [-0.4, -0.2) is 28.3 Å². The molecule has 0 spiro atoms. The Morgan fingerprint density at radius 1 is 1.04 bits per heavy atom. The van der Waals surface area contributed by atoms with E-state index >= 15 is 0 Å². The first-order valence-corrected chi connectivity index (χ1v) is 9.07. The molecule has 2 aromatic carbocycles. The fourth-order valence-electron chi connectivity index (χ4n) is 2.47. The van der Waals surface area contributed by atoms with Crippen LogP contribution in [-0.2, 0) is 6.42 Å². The van der Waals surface area contributed by atoms with E-state index in [1.54, 1.807) is 48.5 Å². The second-order valence-electron chi connectivity index (χ2n) is 5.52. The largest absolute Gasteiger partial charge is 0.496 e. The molecular formula is C19H18N4O3S. The topological polar surface area (TPSA) is 93.2 Å². The molecule has 3 aromatic rings. The Kier molecular flexibility index (Phi) is 5.77. The first-order valence-electron chi connectivity index (χ1n) is 8.29. The molecule has 8 heteroatoms. The van der Waals surface area contributed by atoms with Crippen molar-refractivity contribution in [3.8, 4) is 5.75 Å². The molecule has 0 radical (unpaired) electrons. The van der Waals surface area contributed by atoms with E-state index in [4.69, 9.17) is 4.74 Å². The predicted molar refractivity (Wildman–Crippen MR) is 105 cm³/mol. The number of ketones is 1. The number of carbonyl (C=O) groups excluding carboxylic acids is 2. The number of aryl methyl sites for hydroxylation is 1. The lowest BCUT2D eigenvalue weighted by molar-refractivity contribution is 0.103. The number of rotatable bonds is 6. The summed E-state index contributed by atoms with van der Waals surface area (Å²) < 4.78 is 9.39. The number of nitrogens with one attached hydrogen (secondary N) is 2. The molecule has 0 unspecified atom stereocenters. The number of hydrogen-bond donors (Lipinski definition) is 2. The zero-order valence-electron chi connectivity index (χ0n) is 14.9. The van der Waals surface area contributed by atoms with Gasteiger partial charge < -0.3 is 10.1 Å². The molecule has 0 aliphatic heterocycles. The summed E-state index contributed by atoms with van der Waals surface area (Å²) in [6.45, 7) is 1.94. The van der Waals surface area contributed by atoms with Gasteiger partial charge in [-0.2, -0.15) is 4.37 Å². The van der Waals surface area contributed by atoms with Gasteiger partial charge in [-0.05, 0) is 24.3 Å². The van der Waals surface area contributed by atoms with Crippen molar-refractivity contribution in [2.24, 2.45) is 0 Å². The van der Waals surface area contributed by atoms with Crippen LogP contribution in [0.3, 0.4) is 0 Å². The Morgan fingerprint density at radius 2 is 1.74 bits per heavy atom. The molecule has 2 N–H and O–H groups in total. The van der Waals surface area contributed by atoms with Crippen LogP contribution in [0, 0.1) is 0 Å². The summed E-state index contributed by atoms with van der Waals surface area (Å²) in [7, 11) is 1.51. The second kappa shape index (κ2) is 8.41. The van der Waals surface area contributed by atoms with E-state index in [1.165, 1.54) is 7.11 Å². The average molecular weight is 382 g/mol. The number of methoxy groups -OCH3 is 1. The van der Waals surface area contributed by atoms with Gasteiger partial charge in [-0.3, -0.25) is 10.1 Å². The minimum absolute atomic E-state index is 0.243. The predicted octanol–water partition coefficient (Wildman–Crippen LogP) is 3.98. The van der Waals surface area contributed by atoms with Crippen LogP contribution in [0.15, 0.2) is 48.5 Å². The van der Waals surface area contributed by atoms with Crippen LogP contribution >= 0.6 is 11.5 Å². The minimum Gasteiger partial charge on any atom is -0.496 e. The molecule has 0 aliphatic carbocycles. The fraction of sp³-hybridized carbons (Fsp3) is 0.158. The van der Waals surface area contributed by atoms with Crippen molar-refractivity contribution in [3.63, 3.8) is 0 Å². The lowest BCUT2D eigenvalue weighted by Gasteiger charge is -2.12. The lowest BCUT2D eigenvalue weighted by Crippen LogP contribution is -2.21. The molecule has 0 saturated heterocycles. The molecule has 7 nitrogen and oxygen atoms in total. The molecule has 2 amide bonds.